The van der Waals surface area contributed by atoms with E-state index in [0.29, 0.717) is 13.1 Å². The highest BCUT2D eigenvalue weighted by Crippen LogP contribution is 2.22. The van der Waals surface area contributed by atoms with Crippen molar-refractivity contribution in [1.82, 2.24) is 9.80 Å². The lowest BCUT2D eigenvalue weighted by atomic mass is 10.1. The van der Waals surface area contributed by atoms with E-state index in [1.54, 1.807) is 14.2 Å². The molecule has 1 N–H and O–H groups in total. The summed E-state index contributed by atoms with van der Waals surface area (Å²) in [6.45, 7) is 2.73. The maximum Gasteiger partial charge on any atom is 0.336 e. The highest BCUT2D eigenvalue weighted by molar-refractivity contribution is 5.73. The van der Waals surface area contributed by atoms with Gasteiger partial charge in [0.25, 0.3) is 0 Å². The molecule has 0 bridgehead atoms. The monoisotopic (exact) mass is 370 g/mol. The number of aliphatic carboxylic acids is 1. The van der Waals surface area contributed by atoms with Crippen LogP contribution in [0, 0.1) is 0 Å². The second-order valence-corrected chi connectivity index (χ2v) is 6.70. The van der Waals surface area contributed by atoms with Gasteiger partial charge in [0.15, 0.2) is 6.17 Å². The number of carboxylic acids is 1. The normalized spacial score (nSPS) is 16.2. The Morgan fingerprint density at radius 2 is 1.30 bits per heavy atom. The van der Waals surface area contributed by atoms with Gasteiger partial charge in [-0.15, -0.1) is 0 Å². The van der Waals surface area contributed by atoms with E-state index in [4.69, 9.17) is 9.47 Å². The highest BCUT2D eigenvalue weighted by atomic mass is 16.5. The lowest BCUT2D eigenvalue weighted by molar-refractivity contribution is -0.155. The Balaban J connectivity index is 1.72. The average Bonchev–Trinajstić information content (AvgIpc) is 2.69. The second kappa shape index (κ2) is 8.88. The van der Waals surface area contributed by atoms with E-state index in [2.05, 4.69) is 0 Å². The molecule has 0 aliphatic carbocycles. The van der Waals surface area contributed by atoms with Crippen LogP contribution in [0.15, 0.2) is 48.5 Å². The van der Waals surface area contributed by atoms with E-state index in [1.165, 1.54) is 0 Å². The molecular formula is C21H26N2O4. The van der Waals surface area contributed by atoms with Gasteiger partial charge in [0.1, 0.15) is 11.5 Å². The van der Waals surface area contributed by atoms with Crippen molar-refractivity contribution in [3.8, 4) is 11.5 Å². The zero-order valence-electron chi connectivity index (χ0n) is 15.8. The minimum atomic E-state index is -0.809. The molecule has 0 unspecified atom stereocenters. The number of nitrogens with zero attached hydrogens (tertiary/aromatic N) is 2. The molecule has 0 aromatic heterocycles. The summed E-state index contributed by atoms with van der Waals surface area (Å²) >= 11 is 0. The molecule has 0 saturated carbocycles. The van der Waals surface area contributed by atoms with Crippen LogP contribution in [0.3, 0.4) is 0 Å². The van der Waals surface area contributed by atoms with Crippen molar-refractivity contribution < 1.29 is 19.4 Å². The molecule has 2 aromatic rings. The smallest absolute Gasteiger partial charge is 0.336 e. The van der Waals surface area contributed by atoms with E-state index < -0.39 is 12.1 Å². The molecule has 144 valence electrons. The van der Waals surface area contributed by atoms with Gasteiger partial charge in [-0.25, -0.2) is 4.79 Å². The van der Waals surface area contributed by atoms with Crippen LogP contribution in [0.1, 0.15) is 17.5 Å². The maximum absolute atomic E-state index is 12.0. The standard InChI is InChI=1S/C21H26N2O4/c1-26-18-8-4-16(5-9-18)14-22-12-3-13-23(20(22)21(24)25)15-17-6-10-19(27-2)11-7-17/h4-11,20H,3,12-15H2,1-2H3,(H,24,25). The van der Waals surface area contributed by atoms with Crippen molar-refractivity contribution in [2.45, 2.75) is 25.7 Å². The predicted octanol–water partition coefficient (Wildman–Crippen LogP) is 2.82. The first-order valence-electron chi connectivity index (χ1n) is 9.07. The first-order chi connectivity index (χ1) is 13.1. The highest BCUT2D eigenvalue weighted by Gasteiger charge is 2.34. The topological polar surface area (TPSA) is 62.2 Å². The number of carboxylic acid groups (broad SMARTS) is 1. The van der Waals surface area contributed by atoms with Crippen LogP contribution in [0.2, 0.25) is 0 Å². The van der Waals surface area contributed by atoms with Gasteiger partial charge in [-0.2, -0.15) is 0 Å². The first-order valence-corrected chi connectivity index (χ1v) is 9.07. The molecule has 1 fully saturated rings. The molecule has 6 nitrogen and oxygen atoms in total. The van der Waals surface area contributed by atoms with Crippen LogP contribution < -0.4 is 9.47 Å². The number of hydrogen-bond donors (Lipinski definition) is 1. The molecule has 6 heteroatoms. The Kier molecular flexibility index (Phi) is 6.32. The van der Waals surface area contributed by atoms with Gasteiger partial charge < -0.3 is 14.6 Å². The molecular weight excluding hydrogens is 344 g/mol. The Morgan fingerprint density at radius 1 is 0.889 bits per heavy atom. The van der Waals surface area contributed by atoms with Crippen LogP contribution in [0.25, 0.3) is 0 Å². The SMILES string of the molecule is COc1ccc(CN2CCCN(Cc3ccc(OC)cc3)C2C(=O)O)cc1. The number of methoxy groups -OCH3 is 2. The predicted molar refractivity (Wildman–Crippen MR) is 103 cm³/mol. The van der Waals surface area contributed by atoms with Crippen molar-refractivity contribution in [3.63, 3.8) is 0 Å². The molecule has 0 spiro atoms. The molecule has 27 heavy (non-hydrogen) atoms. The van der Waals surface area contributed by atoms with Gasteiger partial charge in [0.05, 0.1) is 14.2 Å². The van der Waals surface area contributed by atoms with E-state index >= 15 is 0 Å². The van der Waals surface area contributed by atoms with Crippen LogP contribution in [-0.2, 0) is 17.9 Å². The number of hydrogen-bond acceptors (Lipinski definition) is 5. The Labute approximate surface area is 159 Å². The third-order valence-corrected chi connectivity index (χ3v) is 4.89. The van der Waals surface area contributed by atoms with E-state index in [0.717, 1.165) is 42.1 Å². The first kappa shape index (κ1) is 19.2. The summed E-state index contributed by atoms with van der Waals surface area (Å²) in [4.78, 5) is 16.1. The Hall–Kier alpha value is -2.57. The number of carbonyl (C=O) groups is 1. The van der Waals surface area contributed by atoms with Crippen LogP contribution in [0.5, 0.6) is 11.5 Å². The number of benzene rings is 2. The van der Waals surface area contributed by atoms with Crippen molar-refractivity contribution >= 4 is 5.97 Å². The molecule has 1 aliphatic heterocycles. The molecule has 0 atom stereocenters. The van der Waals surface area contributed by atoms with E-state index in [1.807, 2.05) is 58.3 Å². The van der Waals surface area contributed by atoms with Gasteiger partial charge in [-0.3, -0.25) is 9.80 Å². The Morgan fingerprint density at radius 3 is 1.63 bits per heavy atom. The summed E-state index contributed by atoms with van der Waals surface area (Å²) in [5.74, 6) is 0.790. The van der Waals surface area contributed by atoms with Crippen LogP contribution >= 0.6 is 0 Å². The Bertz CT molecular complexity index is 688. The molecule has 0 radical (unpaired) electrons. The van der Waals surface area contributed by atoms with Gasteiger partial charge in [0.2, 0.25) is 0 Å². The molecule has 1 aliphatic rings. The van der Waals surface area contributed by atoms with E-state index in [9.17, 15) is 9.90 Å². The number of ether oxygens (including phenoxy) is 2. The average molecular weight is 370 g/mol. The molecule has 1 saturated heterocycles. The van der Waals surface area contributed by atoms with Gasteiger partial charge >= 0.3 is 5.97 Å². The third-order valence-electron chi connectivity index (χ3n) is 4.89. The van der Waals surface area contributed by atoms with Gasteiger partial charge in [-0.05, 0) is 41.8 Å². The molecule has 3 rings (SSSR count). The summed E-state index contributed by atoms with van der Waals surface area (Å²) < 4.78 is 10.4. The fourth-order valence-corrected chi connectivity index (χ4v) is 3.53. The third kappa shape index (κ3) is 4.78. The minimum absolute atomic E-state index is 0.597. The fourth-order valence-electron chi connectivity index (χ4n) is 3.53. The lowest BCUT2D eigenvalue weighted by Crippen LogP contribution is -2.56. The minimum Gasteiger partial charge on any atom is -0.497 e. The summed E-state index contributed by atoms with van der Waals surface area (Å²) in [5.41, 5.74) is 2.15. The fraction of sp³-hybridized carbons (Fsp3) is 0.381. The van der Waals surface area contributed by atoms with Crippen LogP contribution in [-0.4, -0.2) is 54.4 Å². The van der Waals surface area contributed by atoms with Gasteiger partial charge in [0, 0.05) is 26.2 Å². The zero-order chi connectivity index (χ0) is 19.2. The lowest BCUT2D eigenvalue weighted by Gasteiger charge is -2.41. The summed E-state index contributed by atoms with van der Waals surface area (Å²) in [6.07, 6.45) is 0.304. The number of rotatable bonds is 7. The molecule has 2 aromatic carbocycles. The zero-order valence-corrected chi connectivity index (χ0v) is 15.8. The maximum atomic E-state index is 12.0. The summed E-state index contributed by atoms with van der Waals surface area (Å²) in [5, 5.41) is 9.88. The van der Waals surface area contributed by atoms with Crippen molar-refractivity contribution in [2.75, 3.05) is 27.3 Å². The molecule has 1 heterocycles. The second-order valence-electron chi connectivity index (χ2n) is 6.70. The molecule has 0 amide bonds. The van der Waals surface area contributed by atoms with Gasteiger partial charge in [-0.1, -0.05) is 24.3 Å². The van der Waals surface area contributed by atoms with Crippen molar-refractivity contribution in [2.24, 2.45) is 0 Å². The van der Waals surface area contributed by atoms with Crippen LogP contribution in [0.4, 0.5) is 0 Å². The van der Waals surface area contributed by atoms with Crippen molar-refractivity contribution in [3.05, 3.63) is 59.7 Å². The van der Waals surface area contributed by atoms with Crippen molar-refractivity contribution in [1.29, 1.82) is 0 Å². The van der Waals surface area contributed by atoms with E-state index in [-0.39, 0.29) is 0 Å². The largest absolute Gasteiger partial charge is 0.497 e. The summed E-state index contributed by atoms with van der Waals surface area (Å²) in [6, 6.07) is 15.6. The quantitative estimate of drug-likeness (QED) is 0.809. The summed E-state index contributed by atoms with van der Waals surface area (Å²) in [7, 11) is 3.27.